The Morgan fingerprint density at radius 3 is 2.81 bits per heavy atom. The molecule has 2 atom stereocenters. The van der Waals surface area contributed by atoms with Gasteiger partial charge in [-0.1, -0.05) is 18.2 Å². The number of fused-ring (bicyclic) bond motifs is 5. The molecule has 2 bridgehead atoms. The van der Waals surface area contributed by atoms with Gasteiger partial charge in [0.05, 0.1) is 11.6 Å². The first-order chi connectivity index (χ1) is 12.7. The molecule has 1 fully saturated rings. The quantitative estimate of drug-likeness (QED) is 0.714. The van der Waals surface area contributed by atoms with Gasteiger partial charge in [-0.15, -0.1) is 0 Å². The fourth-order valence-corrected chi connectivity index (χ4v) is 4.59. The van der Waals surface area contributed by atoms with Gasteiger partial charge >= 0.3 is 0 Å². The van der Waals surface area contributed by atoms with Gasteiger partial charge in [0.15, 0.2) is 5.43 Å². The summed E-state index contributed by atoms with van der Waals surface area (Å²) in [6, 6.07) is 12.9. The number of para-hydroxylation sites is 1. The maximum absolute atomic E-state index is 12.8. The Hall–Kier alpha value is -2.66. The van der Waals surface area contributed by atoms with E-state index in [9.17, 15) is 9.59 Å². The highest BCUT2D eigenvalue weighted by molar-refractivity contribution is 5.76. The molecule has 0 N–H and O–H groups in total. The van der Waals surface area contributed by atoms with Crippen molar-refractivity contribution in [3.05, 3.63) is 80.6 Å². The Labute approximate surface area is 150 Å². The van der Waals surface area contributed by atoms with Crippen LogP contribution in [0.15, 0.2) is 62.7 Å². The third-order valence-electron chi connectivity index (χ3n) is 5.70. The van der Waals surface area contributed by atoms with Crippen molar-refractivity contribution in [1.82, 2.24) is 9.47 Å². The predicted molar refractivity (Wildman–Crippen MR) is 99.3 cm³/mol. The molecule has 0 spiro atoms. The molecule has 132 valence electrons. The molecule has 0 amide bonds. The smallest absolute Gasteiger partial charge is 0.250 e. The van der Waals surface area contributed by atoms with E-state index in [0.717, 1.165) is 31.7 Å². The molecule has 2 aliphatic rings. The monoisotopic (exact) mass is 348 g/mol. The molecule has 0 saturated carbocycles. The Bertz CT molecular complexity index is 1100. The fourth-order valence-electron chi connectivity index (χ4n) is 4.59. The largest absolute Gasteiger partial charge is 0.464 e. The molecule has 5 rings (SSSR count). The van der Waals surface area contributed by atoms with Gasteiger partial charge < -0.3 is 8.98 Å². The third kappa shape index (κ3) is 2.51. The molecule has 1 aromatic carbocycles. The van der Waals surface area contributed by atoms with Crippen molar-refractivity contribution in [3.63, 3.8) is 0 Å². The highest BCUT2D eigenvalue weighted by Gasteiger charge is 2.34. The van der Waals surface area contributed by atoms with E-state index in [1.807, 2.05) is 34.9 Å². The highest BCUT2D eigenvalue weighted by atomic mass is 16.3. The van der Waals surface area contributed by atoms with Crippen molar-refractivity contribution in [3.8, 4) is 0 Å². The number of aromatic nitrogens is 1. The van der Waals surface area contributed by atoms with E-state index >= 15 is 0 Å². The molecule has 4 heterocycles. The number of hydrogen-bond donors (Lipinski definition) is 0. The molecule has 5 nitrogen and oxygen atoms in total. The molecule has 26 heavy (non-hydrogen) atoms. The van der Waals surface area contributed by atoms with Crippen molar-refractivity contribution < 1.29 is 4.42 Å². The van der Waals surface area contributed by atoms with Crippen molar-refractivity contribution in [2.75, 3.05) is 13.1 Å². The summed E-state index contributed by atoms with van der Waals surface area (Å²) in [6.07, 6.45) is 2.72. The van der Waals surface area contributed by atoms with Crippen LogP contribution in [0.4, 0.5) is 0 Å². The summed E-state index contributed by atoms with van der Waals surface area (Å²) in [5, 5.41) is 0.638. The molecule has 0 unspecified atom stereocenters. The number of benzene rings is 1. The standard InChI is InChI=1S/C21H20N2O3/c24-20-7-3-5-18-15-8-14(10-23(18)20)9-22(11-15)12-16-13-26-19-6-2-1-4-17(19)21(16)25/h1-7,13-15H,8-12H2/t14-,15+/m0/s1. The van der Waals surface area contributed by atoms with Crippen LogP contribution in [0.1, 0.15) is 23.6 Å². The van der Waals surface area contributed by atoms with Gasteiger partial charge in [0.25, 0.3) is 5.56 Å². The summed E-state index contributed by atoms with van der Waals surface area (Å²) in [5.74, 6) is 0.803. The van der Waals surface area contributed by atoms with Crippen LogP contribution >= 0.6 is 0 Å². The van der Waals surface area contributed by atoms with Gasteiger partial charge in [-0.2, -0.15) is 0 Å². The summed E-state index contributed by atoms with van der Waals surface area (Å²) < 4.78 is 7.59. The van der Waals surface area contributed by atoms with Crippen LogP contribution in [-0.2, 0) is 13.1 Å². The Balaban J connectivity index is 1.44. The number of pyridine rings is 1. The minimum absolute atomic E-state index is 0.0548. The van der Waals surface area contributed by atoms with Gasteiger partial charge in [-0.3, -0.25) is 14.5 Å². The zero-order valence-corrected chi connectivity index (χ0v) is 14.4. The van der Waals surface area contributed by atoms with Gasteiger partial charge in [0.2, 0.25) is 0 Å². The van der Waals surface area contributed by atoms with Crippen LogP contribution < -0.4 is 11.0 Å². The Morgan fingerprint density at radius 2 is 1.88 bits per heavy atom. The van der Waals surface area contributed by atoms with E-state index in [1.54, 1.807) is 12.3 Å². The number of hydrogen-bond acceptors (Lipinski definition) is 4. The van der Waals surface area contributed by atoms with Crippen LogP contribution in [0.5, 0.6) is 0 Å². The minimum Gasteiger partial charge on any atom is -0.464 e. The second kappa shape index (κ2) is 5.95. The maximum atomic E-state index is 12.8. The molecular weight excluding hydrogens is 328 g/mol. The van der Waals surface area contributed by atoms with E-state index in [4.69, 9.17) is 4.42 Å². The fraction of sp³-hybridized carbons (Fsp3) is 0.333. The van der Waals surface area contributed by atoms with Crippen molar-refractivity contribution in [1.29, 1.82) is 0 Å². The molecule has 0 aliphatic carbocycles. The topological polar surface area (TPSA) is 55.5 Å². The van der Waals surface area contributed by atoms with Crippen LogP contribution in [0.2, 0.25) is 0 Å². The summed E-state index contributed by atoms with van der Waals surface area (Å²) in [7, 11) is 0. The SMILES string of the molecule is O=c1c(CN2C[C@@H]3C[C@H](C2)c2cccc(=O)n2C3)coc2ccccc12. The lowest BCUT2D eigenvalue weighted by Crippen LogP contribution is -2.47. The van der Waals surface area contributed by atoms with Crippen molar-refractivity contribution in [2.24, 2.45) is 5.92 Å². The van der Waals surface area contributed by atoms with Gasteiger partial charge in [0.1, 0.15) is 5.58 Å². The lowest BCUT2D eigenvalue weighted by Gasteiger charge is -2.42. The number of rotatable bonds is 2. The summed E-state index contributed by atoms with van der Waals surface area (Å²) in [6.45, 7) is 3.14. The molecule has 2 aromatic heterocycles. The first-order valence-electron chi connectivity index (χ1n) is 9.10. The van der Waals surface area contributed by atoms with Crippen molar-refractivity contribution >= 4 is 11.0 Å². The molecule has 2 aliphatic heterocycles. The van der Waals surface area contributed by atoms with E-state index in [2.05, 4.69) is 11.0 Å². The third-order valence-corrected chi connectivity index (χ3v) is 5.70. The van der Waals surface area contributed by atoms with Crippen LogP contribution in [-0.4, -0.2) is 22.6 Å². The van der Waals surface area contributed by atoms with E-state index in [0.29, 0.717) is 34.9 Å². The van der Waals surface area contributed by atoms with E-state index < -0.39 is 0 Å². The minimum atomic E-state index is 0.0548. The summed E-state index contributed by atoms with van der Waals surface area (Å²) >= 11 is 0. The first-order valence-corrected chi connectivity index (χ1v) is 9.10. The van der Waals surface area contributed by atoms with E-state index in [1.165, 1.54) is 0 Å². The maximum Gasteiger partial charge on any atom is 0.250 e. The second-order valence-corrected chi connectivity index (χ2v) is 7.48. The first kappa shape index (κ1) is 15.6. The van der Waals surface area contributed by atoms with Gasteiger partial charge in [0, 0.05) is 49.4 Å². The molecule has 3 aromatic rings. The number of nitrogens with zero attached hydrogens (tertiary/aromatic N) is 2. The Kier molecular flexibility index (Phi) is 3.57. The molecule has 1 saturated heterocycles. The summed E-state index contributed by atoms with van der Waals surface area (Å²) in [5.41, 5.74) is 2.61. The van der Waals surface area contributed by atoms with Gasteiger partial charge in [-0.25, -0.2) is 0 Å². The number of likely N-dealkylation sites (tertiary alicyclic amines) is 1. The summed E-state index contributed by atoms with van der Waals surface area (Å²) in [4.78, 5) is 27.2. The predicted octanol–water partition coefficient (Wildman–Crippen LogP) is 2.57. The van der Waals surface area contributed by atoms with Crippen molar-refractivity contribution in [2.45, 2.75) is 25.4 Å². The molecular formula is C21H20N2O3. The average molecular weight is 348 g/mol. The number of piperidine rings is 1. The lowest BCUT2D eigenvalue weighted by molar-refractivity contribution is 0.113. The molecule has 0 radical (unpaired) electrons. The highest BCUT2D eigenvalue weighted by Crippen LogP contribution is 2.35. The zero-order chi connectivity index (χ0) is 17.7. The Morgan fingerprint density at radius 1 is 1.00 bits per heavy atom. The second-order valence-electron chi connectivity index (χ2n) is 7.48. The lowest BCUT2D eigenvalue weighted by atomic mass is 9.83. The van der Waals surface area contributed by atoms with Crippen LogP contribution in [0.25, 0.3) is 11.0 Å². The van der Waals surface area contributed by atoms with Crippen LogP contribution in [0, 0.1) is 5.92 Å². The van der Waals surface area contributed by atoms with Crippen LogP contribution in [0.3, 0.4) is 0 Å². The van der Waals surface area contributed by atoms with Gasteiger partial charge in [-0.05, 0) is 30.5 Å². The average Bonchev–Trinajstić information content (AvgIpc) is 2.65. The zero-order valence-electron chi connectivity index (χ0n) is 14.4. The van der Waals surface area contributed by atoms with E-state index in [-0.39, 0.29) is 11.0 Å². The normalized spacial score (nSPS) is 22.3. The molecule has 5 heteroatoms.